The second-order valence-corrected chi connectivity index (χ2v) is 9.28. The molecule has 0 bridgehead atoms. The van der Waals surface area contributed by atoms with Gasteiger partial charge in [-0.2, -0.15) is 0 Å². The molecule has 1 saturated heterocycles. The Bertz CT molecular complexity index is 803. The van der Waals surface area contributed by atoms with Gasteiger partial charge in [-0.1, -0.05) is 18.1 Å². The number of piperidine rings is 1. The standard InChI is InChI=1S/C20H29N5O2S/c1-15-6-11-28-18(15)13-24-9-7-20(27,8-10-24)14-25-12-17(22-23-25)19(26)21-16-4-2-3-5-16/h6,11-12,16,27H,2-5,7-10,13-14H2,1H3,(H,21,26). The molecule has 2 N–H and O–H groups in total. The number of likely N-dealkylation sites (tertiary alicyclic amines) is 1. The Hall–Kier alpha value is -1.77. The summed E-state index contributed by atoms with van der Waals surface area (Å²) in [5.41, 5.74) is 0.881. The Morgan fingerprint density at radius 3 is 2.79 bits per heavy atom. The van der Waals surface area contributed by atoms with Gasteiger partial charge in [0.2, 0.25) is 0 Å². The summed E-state index contributed by atoms with van der Waals surface area (Å²) in [6.07, 6.45) is 7.48. The molecular formula is C20H29N5O2S. The zero-order chi connectivity index (χ0) is 19.6. The van der Waals surface area contributed by atoms with Gasteiger partial charge in [0.05, 0.1) is 18.3 Å². The van der Waals surface area contributed by atoms with E-state index in [1.54, 1.807) is 22.2 Å². The SMILES string of the molecule is Cc1ccsc1CN1CCC(O)(Cn2cc(C(=O)NC3CCCC3)nn2)CC1. The van der Waals surface area contributed by atoms with Crippen LogP contribution in [0.2, 0.25) is 0 Å². The number of rotatable bonds is 6. The van der Waals surface area contributed by atoms with Crippen molar-refractivity contribution in [3.63, 3.8) is 0 Å². The van der Waals surface area contributed by atoms with Crippen LogP contribution in [0.3, 0.4) is 0 Å². The Kier molecular flexibility index (Phi) is 5.80. The zero-order valence-corrected chi connectivity index (χ0v) is 17.2. The van der Waals surface area contributed by atoms with E-state index >= 15 is 0 Å². The summed E-state index contributed by atoms with van der Waals surface area (Å²) >= 11 is 1.80. The van der Waals surface area contributed by atoms with Crippen molar-refractivity contribution in [3.8, 4) is 0 Å². The fourth-order valence-corrected chi connectivity index (χ4v) is 5.11. The number of hydrogen-bond donors (Lipinski definition) is 2. The van der Waals surface area contributed by atoms with Crippen LogP contribution in [0.15, 0.2) is 17.6 Å². The molecule has 0 unspecified atom stereocenters. The van der Waals surface area contributed by atoms with Crippen LogP contribution in [0, 0.1) is 6.92 Å². The van der Waals surface area contributed by atoms with E-state index < -0.39 is 5.60 Å². The van der Waals surface area contributed by atoms with Gasteiger partial charge in [-0.15, -0.1) is 16.4 Å². The highest BCUT2D eigenvalue weighted by molar-refractivity contribution is 7.10. The fraction of sp³-hybridized carbons (Fsp3) is 0.650. The van der Waals surface area contributed by atoms with E-state index in [-0.39, 0.29) is 11.9 Å². The summed E-state index contributed by atoms with van der Waals surface area (Å²) < 4.78 is 1.61. The molecule has 152 valence electrons. The maximum atomic E-state index is 12.3. The number of nitrogens with zero attached hydrogens (tertiary/aromatic N) is 4. The van der Waals surface area contributed by atoms with Crippen molar-refractivity contribution in [1.82, 2.24) is 25.2 Å². The zero-order valence-electron chi connectivity index (χ0n) is 16.4. The normalized spacial score (nSPS) is 20.5. The van der Waals surface area contributed by atoms with Crippen molar-refractivity contribution in [2.24, 2.45) is 0 Å². The summed E-state index contributed by atoms with van der Waals surface area (Å²) in [5, 5.41) is 24.2. The minimum Gasteiger partial charge on any atom is -0.388 e. The molecule has 1 aliphatic carbocycles. The number of hydrogen-bond acceptors (Lipinski definition) is 6. The molecule has 28 heavy (non-hydrogen) atoms. The van der Waals surface area contributed by atoms with Gasteiger partial charge in [-0.3, -0.25) is 9.69 Å². The van der Waals surface area contributed by atoms with Crippen LogP contribution in [0.5, 0.6) is 0 Å². The van der Waals surface area contributed by atoms with Crippen LogP contribution in [-0.4, -0.2) is 55.6 Å². The first kappa shape index (κ1) is 19.5. The molecule has 2 aromatic heterocycles. The topological polar surface area (TPSA) is 83.3 Å². The van der Waals surface area contributed by atoms with Crippen molar-refractivity contribution >= 4 is 17.2 Å². The minimum absolute atomic E-state index is 0.161. The van der Waals surface area contributed by atoms with E-state index in [4.69, 9.17) is 0 Å². The van der Waals surface area contributed by atoms with Crippen LogP contribution in [0.25, 0.3) is 0 Å². The molecule has 8 heteroatoms. The molecule has 7 nitrogen and oxygen atoms in total. The third-order valence-corrected chi connectivity index (χ3v) is 7.05. The van der Waals surface area contributed by atoms with Crippen molar-refractivity contribution < 1.29 is 9.90 Å². The molecule has 0 spiro atoms. The molecule has 2 aliphatic rings. The van der Waals surface area contributed by atoms with E-state index in [1.807, 2.05) is 0 Å². The average molecular weight is 404 g/mol. The van der Waals surface area contributed by atoms with Gasteiger partial charge in [0.25, 0.3) is 5.91 Å². The second kappa shape index (κ2) is 8.31. The average Bonchev–Trinajstić information content (AvgIpc) is 3.41. The molecule has 3 heterocycles. The fourth-order valence-electron chi connectivity index (χ4n) is 4.17. The predicted octanol–water partition coefficient (Wildman–Crippen LogP) is 2.35. The van der Waals surface area contributed by atoms with Gasteiger partial charge >= 0.3 is 0 Å². The smallest absolute Gasteiger partial charge is 0.273 e. The van der Waals surface area contributed by atoms with E-state index in [2.05, 4.69) is 38.9 Å². The van der Waals surface area contributed by atoms with Gasteiger partial charge in [-0.25, -0.2) is 4.68 Å². The number of amides is 1. The number of aromatic nitrogens is 3. The Labute approximate surface area is 169 Å². The number of aryl methyl sites for hydroxylation is 1. The lowest BCUT2D eigenvalue weighted by Gasteiger charge is -2.37. The number of aliphatic hydroxyl groups is 1. The van der Waals surface area contributed by atoms with Crippen LogP contribution in [0.1, 0.15) is 59.5 Å². The third-order valence-electron chi connectivity index (χ3n) is 6.04. The number of nitrogens with one attached hydrogen (secondary N) is 1. The van der Waals surface area contributed by atoms with E-state index in [1.165, 1.54) is 23.3 Å². The van der Waals surface area contributed by atoms with Crippen LogP contribution < -0.4 is 5.32 Å². The maximum Gasteiger partial charge on any atom is 0.273 e. The van der Waals surface area contributed by atoms with Gasteiger partial charge in [0.15, 0.2) is 5.69 Å². The van der Waals surface area contributed by atoms with E-state index in [0.29, 0.717) is 25.1 Å². The Balaban J connectivity index is 1.29. The van der Waals surface area contributed by atoms with Gasteiger partial charge < -0.3 is 10.4 Å². The summed E-state index contributed by atoms with van der Waals surface area (Å²) in [7, 11) is 0. The molecule has 1 aliphatic heterocycles. The highest BCUT2D eigenvalue weighted by atomic mass is 32.1. The van der Waals surface area contributed by atoms with E-state index in [0.717, 1.165) is 32.5 Å². The van der Waals surface area contributed by atoms with Crippen LogP contribution >= 0.6 is 11.3 Å². The lowest BCUT2D eigenvalue weighted by molar-refractivity contribution is -0.0382. The lowest BCUT2D eigenvalue weighted by atomic mass is 9.91. The molecular weight excluding hydrogens is 374 g/mol. The molecule has 2 aromatic rings. The largest absolute Gasteiger partial charge is 0.388 e. The van der Waals surface area contributed by atoms with Gasteiger partial charge in [0.1, 0.15) is 0 Å². The van der Waals surface area contributed by atoms with Crippen LogP contribution in [0.4, 0.5) is 0 Å². The first-order chi connectivity index (χ1) is 13.5. The highest BCUT2D eigenvalue weighted by Gasteiger charge is 2.33. The van der Waals surface area contributed by atoms with E-state index in [9.17, 15) is 9.90 Å². The maximum absolute atomic E-state index is 12.3. The summed E-state index contributed by atoms with van der Waals surface area (Å²) in [4.78, 5) is 16.1. The number of carbonyl (C=O) groups is 1. The van der Waals surface area contributed by atoms with Gasteiger partial charge in [0, 0.05) is 30.6 Å². The molecule has 1 saturated carbocycles. The van der Waals surface area contributed by atoms with Crippen molar-refractivity contribution in [1.29, 1.82) is 0 Å². The first-order valence-electron chi connectivity index (χ1n) is 10.2. The number of carbonyl (C=O) groups excluding carboxylic acids is 1. The monoisotopic (exact) mass is 403 g/mol. The quantitative estimate of drug-likeness (QED) is 0.774. The van der Waals surface area contributed by atoms with Crippen LogP contribution in [-0.2, 0) is 13.1 Å². The van der Waals surface area contributed by atoms with Gasteiger partial charge in [-0.05, 0) is 49.6 Å². The summed E-state index contributed by atoms with van der Waals surface area (Å²) in [6, 6.07) is 2.42. The van der Waals surface area contributed by atoms with Crippen molar-refractivity contribution in [2.75, 3.05) is 13.1 Å². The molecule has 2 fully saturated rings. The molecule has 4 rings (SSSR count). The molecule has 0 radical (unpaired) electrons. The molecule has 1 amide bonds. The highest BCUT2D eigenvalue weighted by Crippen LogP contribution is 2.27. The minimum atomic E-state index is -0.798. The summed E-state index contributed by atoms with van der Waals surface area (Å²) in [5.74, 6) is -0.161. The molecule has 0 aromatic carbocycles. The molecule has 0 atom stereocenters. The summed E-state index contributed by atoms with van der Waals surface area (Å²) in [6.45, 7) is 5.20. The first-order valence-corrected chi connectivity index (χ1v) is 11.1. The predicted molar refractivity (Wildman–Crippen MR) is 108 cm³/mol. The third kappa shape index (κ3) is 4.61. The Morgan fingerprint density at radius 1 is 1.36 bits per heavy atom. The number of thiophene rings is 1. The lowest BCUT2D eigenvalue weighted by Crippen LogP contribution is -2.46. The van der Waals surface area contributed by atoms with Crippen molar-refractivity contribution in [3.05, 3.63) is 33.8 Å². The Morgan fingerprint density at radius 2 is 2.11 bits per heavy atom. The second-order valence-electron chi connectivity index (χ2n) is 8.28. The van der Waals surface area contributed by atoms with Crippen molar-refractivity contribution in [2.45, 2.75) is 70.2 Å².